The fourth-order valence-corrected chi connectivity index (χ4v) is 1.40. The van der Waals surface area contributed by atoms with Gasteiger partial charge in [0.1, 0.15) is 5.69 Å². The third-order valence-electron chi connectivity index (χ3n) is 1.77. The van der Waals surface area contributed by atoms with Crippen molar-refractivity contribution in [2.24, 2.45) is 7.05 Å². The molecule has 0 aliphatic carbocycles. The van der Waals surface area contributed by atoms with Crippen LogP contribution in [-0.4, -0.2) is 34.8 Å². The summed E-state index contributed by atoms with van der Waals surface area (Å²) in [6, 6.07) is 0. The van der Waals surface area contributed by atoms with E-state index in [1.807, 2.05) is 5.32 Å². The van der Waals surface area contributed by atoms with Crippen molar-refractivity contribution in [3.63, 3.8) is 0 Å². The Morgan fingerprint density at radius 1 is 1.62 bits per heavy atom. The van der Waals surface area contributed by atoms with E-state index in [2.05, 4.69) is 5.10 Å². The molecule has 0 radical (unpaired) electrons. The van der Waals surface area contributed by atoms with Crippen molar-refractivity contribution >= 4 is 17.4 Å². The molecule has 1 N–H and O–H groups in total. The topological polar surface area (TPSA) is 46.9 Å². The van der Waals surface area contributed by atoms with Gasteiger partial charge in [-0.2, -0.15) is 18.3 Å². The molecule has 0 atom stereocenters. The molecule has 0 saturated carbocycles. The van der Waals surface area contributed by atoms with E-state index in [0.717, 1.165) is 0 Å². The monoisotopic (exact) mass is 255 g/mol. The van der Waals surface area contributed by atoms with Crippen molar-refractivity contribution in [3.8, 4) is 0 Å². The molecule has 0 aliphatic heterocycles. The summed E-state index contributed by atoms with van der Waals surface area (Å²) in [5.74, 6) is -0.533. The second-order valence-corrected chi connectivity index (χ2v) is 3.51. The normalized spacial score (nSPS) is 11.8. The van der Waals surface area contributed by atoms with Crippen LogP contribution in [0.3, 0.4) is 0 Å². The van der Waals surface area contributed by atoms with Crippen LogP contribution < -0.4 is 5.32 Å². The lowest BCUT2D eigenvalue weighted by molar-refractivity contribution is -0.124. The second kappa shape index (κ2) is 4.84. The molecule has 90 valence electrons. The van der Waals surface area contributed by atoms with Crippen LogP contribution in [0, 0.1) is 0 Å². The Morgan fingerprint density at radius 2 is 2.25 bits per heavy atom. The summed E-state index contributed by atoms with van der Waals surface area (Å²) in [6.45, 7) is -1.65. The van der Waals surface area contributed by atoms with Crippen LogP contribution in [-0.2, 0) is 7.05 Å². The van der Waals surface area contributed by atoms with Gasteiger partial charge >= 0.3 is 6.18 Å². The number of aromatic nitrogens is 2. The van der Waals surface area contributed by atoms with E-state index in [0.29, 0.717) is 0 Å². The minimum Gasteiger partial charge on any atom is -0.301 e. The fourth-order valence-electron chi connectivity index (χ4n) is 1.13. The number of nitrogens with one attached hydrogen (secondary N) is 1. The lowest BCUT2D eigenvalue weighted by atomic mass is 10.3. The van der Waals surface area contributed by atoms with Gasteiger partial charge in [0.25, 0.3) is 0 Å². The van der Waals surface area contributed by atoms with Crippen molar-refractivity contribution in [2.75, 3.05) is 13.1 Å². The molecule has 0 aliphatic rings. The molecule has 0 bridgehead atoms. The predicted octanol–water partition coefficient (Wildman–Crippen LogP) is 1.41. The Labute approximate surface area is 94.4 Å². The molecule has 8 heteroatoms. The van der Waals surface area contributed by atoms with Crippen LogP contribution in [0.4, 0.5) is 13.2 Å². The molecule has 1 aromatic heterocycles. The Hall–Kier alpha value is -1.08. The highest BCUT2D eigenvalue weighted by Crippen LogP contribution is 2.15. The number of carbonyl (C=O) groups is 1. The molecule has 0 saturated heterocycles. The van der Waals surface area contributed by atoms with E-state index in [4.69, 9.17) is 11.6 Å². The summed E-state index contributed by atoms with van der Waals surface area (Å²) in [4.78, 5) is 11.5. The van der Waals surface area contributed by atoms with Gasteiger partial charge in [-0.05, 0) is 0 Å². The number of Topliss-reactive ketones (excluding diaryl/α,β-unsaturated/α-hetero) is 1. The molecule has 0 spiro atoms. The molecule has 1 rings (SSSR count). The fraction of sp³-hybridized carbons (Fsp3) is 0.500. The van der Waals surface area contributed by atoms with Crippen molar-refractivity contribution in [2.45, 2.75) is 6.18 Å². The number of hydrogen-bond acceptors (Lipinski definition) is 3. The lowest BCUT2D eigenvalue weighted by Gasteiger charge is -2.07. The van der Waals surface area contributed by atoms with E-state index in [9.17, 15) is 18.0 Å². The Kier molecular flexibility index (Phi) is 3.93. The second-order valence-electron chi connectivity index (χ2n) is 3.11. The molecule has 0 aromatic carbocycles. The average Bonchev–Trinajstić information content (AvgIpc) is 2.43. The first-order valence-corrected chi connectivity index (χ1v) is 4.67. The quantitative estimate of drug-likeness (QED) is 0.828. The first-order chi connectivity index (χ1) is 7.31. The molecule has 0 unspecified atom stereocenters. The number of hydrogen-bond donors (Lipinski definition) is 1. The van der Waals surface area contributed by atoms with Crippen LogP contribution in [0.25, 0.3) is 0 Å². The smallest absolute Gasteiger partial charge is 0.301 e. The summed E-state index contributed by atoms with van der Waals surface area (Å²) < 4.78 is 36.6. The van der Waals surface area contributed by atoms with Crippen molar-refractivity contribution < 1.29 is 18.0 Å². The van der Waals surface area contributed by atoms with Crippen molar-refractivity contribution in [3.05, 3.63) is 16.9 Å². The van der Waals surface area contributed by atoms with Gasteiger partial charge in [0, 0.05) is 7.05 Å². The summed E-state index contributed by atoms with van der Waals surface area (Å²) >= 11 is 5.65. The maximum absolute atomic E-state index is 11.8. The minimum atomic E-state index is -4.34. The first kappa shape index (κ1) is 13.0. The van der Waals surface area contributed by atoms with E-state index in [-0.39, 0.29) is 10.7 Å². The number of rotatable bonds is 4. The third kappa shape index (κ3) is 3.49. The molecule has 16 heavy (non-hydrogen) atoms. The van der Waals surface area contributed by atoms with Gasteiger partial charge in [-0.25, -0.2) is 0 Å². The van der Waals surface area contributed by atoms with Gasteiger partial charge in [0.2, 0.25) is 0 Å². The molecule has 0 fully saturated rings. The van der Waals surface area contributed by atoms with E-state index in [1.54, 1.807) is 0 Å². The Morgan fingerprint density at radius 3 is 2.69 bits per heavy atom. The zero-order valence-electron chi connectivity index (χ0n) is 8.31. The molecule has 1 heterocycles. The number of ketones is 1. The maximum Gasteiger partial charge on any atom is 0.401 e. The number of nitrogens with zero attached hydrogens (tertiary/aromatic N) is 2. The van der Waals surface area contributed by atoms with Gasteiger partial charge in [0.15, 0.2) is 5.78 Å². The SMILES string of the molecule is Cn1ncc(Cl)c1C(=O)CNCC(F)(F)F. The van der Waals surface area contributed by atoms with Crippen molar-refractivity contribution in [1.82, 2.24) is 15.1 Å². The van der Waals surface area contributed by atoms with Gasteiger partial charge in [0.05, 0.1) is 24.3 Å². The number of halogens is 4. The maximum atomic E-state index is 11.8. The highest BCUT2D eigenvalue weighted by atomic mass is 35.5. The molecule has 0 amide bonds. The summed E-state index contributed by atoms with van der Waals surface area (Å²) in [6.07, 6.45) is -3.07. The highest BCUT2D eigenvalue weighted by Gasteiger charge is 2.27. The number of alkyl halides is 3. The van der Waals surface area contributed by atoms with Crippen LogP contribution in [0.2, 0.25) is 5.02 Å². The van der Waals surface area contributed by atoms with E-state index < -0.39 is 25.0 Å². The van der Waals surface area contributed by atoms with Crippen LogP contribution in [0.15, 0.2) is 6.20 Å². The zero-order valence-corrected chi connectivity index (χ0v) is 9.06. The Balaban J connectivity index is 2.54. The molecule has 4 nitrogen and oxygen atoms in total. The van der Waals surface area contributed by atoms with Gasteiger partial charge in [-0.3, -0.25) is 9.48 Å². The average molecular weight is 256 g/mol. The third-order valence-corrected chi connectivity index (χ3v) is 2.05. The zero-order chi connectivity index (χ0) is 12.3. The number of carbonyl (C=O) groups excluding carboxylic acids is 1. The largest absolute Gasteiger partial charge is 0.401 e. The first-order valence-electron chi connectivity index (χ1n) is 4.29. The molecular weight excluding hydrogens is 247 g/mol. The summed E-state index contributed by atoms with van der Waals surface area (Å²) in [7, 11) is 1.49. The van der Waals surface area contributed by atoms with Gasteiger partial charge < -0.3 is 5.32 Å². The lowest BCUT2D eigenvalue weighted by Crippen LogP contribution is -2.33. The van der Waals surface area contributed by atoms with Crippen LogP contribution >= 0.6 is 11.6 Å². The molecule has 1 aromatic rings. The van der Waals surface area contributed by atoms with Gasteiger partial charge in [-0.15, -0.1) is 0 Å². The summed E-state index contributed by atoms with van der Waals surface area (Å²) in [5, 5.41) is 5.83. The van der Waals surface area contributed by atoms with Crippen molar-refractivity contribution in [1.29, 1.82) is 0 Å². The minimum absolute atomic E-state index is 0.0938. The van der Waals surface area contributed by atoms with E-state index >= 15 is 0 Å². The predicted molar refractivity (Wildman–Crippen MR) is 51.5 cm³/mol. The summed E-state index contributed by atoms with van der Waals surface area (Å²) in [5.41, 5.74) is 0.0938. The standard InChI is InChI=1S/C8H9ClF3N3O/c1-15-7(5(9)2-14-15)6(16)3-13-4-8(10,11)12/h2,13H,3-4H2,1H3. The van der Waals surface area contributed by atoms with Gasteiger partial charge in [-0.1, -0.05) is 11.6 Å². The molecular formula is C8H9ClF3N3O. The van der Waals surface area contributed by atoms with Crippen LogP contribution in [0.5, 0.6) is 0 Å². The number of aryl methyl sites for hydroxylation is 1. The highest BCUT2D eigenvalue weighted by molar-refractivity contribution is 6.33. The van der Waals surface area contributed by atoms with Crippen LogP contribution in [0.1, 0.15) is 10.5 Å². The van der Waals surface area contributed by atoms with E-state index in [1.165, 1.54) is 17.9 Å². The Bertz CT molecular complexity index is 369.